The number of carbonyl (C=O) groups is 1. The first-order chi connectivity index (χ1) is 9.06. The van der Waals surface area contributed by atoms with E-state index in [1.165, 1.54) is 10.7 Å². The summed E-state index contributed by atoms with van der Waals surface area (Å²) >= 11 is 0. The fraction of sp³-hybridized carbons (Fsp3) is 0.308. The van der Waals surface area contributed by atoms with E-state index in [0.29, 0.717) is 17.1 Å². The molecule has 1 aliphatic carbocycles. The number of hydrogen-bond donors (Lipinski definition) is 1. The summed E-state index contributed by atoms with van der Waals surface area (Å²) in [6, 6.07) is 4.70. The van der Waals surface area contributed by atoms with Gasteiger partial charge in [0.15, 0.2) is 0 Å². The number of benzene rings is 1. The molecule has 0 atom stereocenters. The number of aromatic nitrogens is 3. The Morgan fingerprint density at radius 2 is 2.21 bits per heavy atom. The van der Waals surface area contributed by atoms with E-state index in [2.05, 4.69) is 10.1 Å². The van der Waals surface area contributed by atoms with Crippen molar-refractivity contribution < 1.29 is 14.3 Å². The topological polar surface area (TPSA) is 68.0 Å². The minimum absolute atomic E-state index is 0.227. The third-order valence-corrected chi connectivity index (χ3v) is 3.17. The van der Waals surface area contributed by atoms with Crippen LogP contribution in [0, 0.1) is 12.7 Å². The standard InChI is InChI=1S/C13H12FN3O2/c1-7-2-5-9(6-10(7)14)17-12(8-3-4-8)15-11(16-17)13(18)19/h2,5-6,8H,3-4H2,1H3,(H,18,19). The summed E-state index contributed by atoms with van der Waals surface area (Å²) in [5.74, 6) is -0.937. The van der Waals surface area contributed by atoms with E-state index in [1.54, 1.807) is 19.1 Å². The Morgan fingerprint density at radius 1 is 1.47 bits per heavy atom. The number of carboxylic acids is 1. The summed E-state index contributed by atoms with van der Waals surface area (Å²) in [7, 11) is 0. The number of aromatic carboxylic acids is 1. The zero-order valence-electron chi connectivity index (χ0n) is 10.3. The molecule has 0 aliphatic heterocycles. The summed E-state index contributed by atoms with van der Waals surface area (Å²) in [5, 5.41) is 12.9. The summed E-state index contributed by atoms with van der Waals surface area (Å²) < 4.78 is 15.0. The van der Waals surface area contributed by atoms with Crippen molar-refractivity contribution in [3.63, 3.8) is 0 Å². The van der Waals surface area contributed by atoms with E-state index in [4.69, 9.17) is 5.11 Å². The van der Waals surface area contributed by atoms with Gasteiger partial charge in [-0.1, -0.05) is 6.07 Å². The molecule has 6 heteroatoms. The van der Waals surface area contributed by atoms with Crippen molar-refractivity contribution in [2.24, 2.45) is 0 Å². The van der Waals surface area contributed by atoms with Crippen molar-refractivity contribution in [2.45, 2.75) is 25.7 Å². The predicted molar refractivity (Wildman–Crippen MR) is 65.0 cm³/mol. The Morgan fingerprint density at radius 3 is 2.79 bits per heavy atom. The van der Waals surface area contributed by atoms with Crippen molar-refractivity contribution in [3.05, 3.63) is 41.2 Å². The smallest absolute Gasteiger partial charge is 0.375 e. The molecule has 1 saturated carbocycles. The Balaban J connectivity index is 2.12. The monoisotopic (exact) mass is 261 g/mol. The van der Waals surface area contributed by atoms with Crippen LogP contribution in [-0.4, -0.2) is 25.8 Å². The maximum Gasteiger partial charge on any atom is 0.375 e. The molecule has 98 valence electrons. The minimum atomic E-state index is -1.17. The van der Waals surface area contributed by atoms with Gasteiger partial charge in [0.05, 0.1) is 5.69 Å². The van der Waals surface area contributed by atoms with Crippen LogP contribution in [0.3, 0.4) is 0 Å². The maximum absolute atomic E-state index is 13.6. The predicted octanol–water partition coefficient (Wildman–Crippen LogP) is 2.29. The zero-order chi connectivity index (χ0) is 13.6. The second-order valence-corrected chi connectivity index (χ2v) is 4.72. The van der Waals surface area contributed by atoms with Crippen molar-refractivity contribution in [1.29, 1.82) is 0 Å². The van der Waals surface area contributed by atoms with Gasteiger partial charge in [0.25, 0.3) is 5.82 Å². The average Bonchev–Trinajstić information content (AvgIpc) is 3.11. The molecule has 0 spiro atoms. The largest absolute Gasteiger partial charge is 0.475 e. The van der Waals surface area contributed by atoms with Crippen molar-refractivity contribution in [3.8, 4) is 5.69 Å². The highest BCUT2D eigenvalue weighted by Gasteiger charge is 2.31. The van der Waals surface area contributed by atoms with E-state index in [9.17, 15) is 9.18 Å². The van der Waals surface area contributed by atoms with Crippen LogP contribution in [0.4, 0.5) is 4.39 Å². The quantitative estimate of drug-likeness (QED) is 0.920. The van der Waals surface area contributed by atoms with E-state index in [0.717, 1.165) is 12.8 Å². The fourth-order valence-corrected chi connectivity index (χ4v) is 1.92. The van der Waals surface area contributed by atoms with Gasteiger partial charge in [0, 0.05) is 5.92 Å². The molecule has 1 aromatic carbocycles. The molecule has 3 rings (SSSR count). The molecule has 1 fully saturated rings. The van der Waals surface area contributed by atoms with E-state index in [1.807, 2.05) is 0 Å². The van der Waals surface area contributed by atoms with E-state index >= 15 is 0 Å². The fourth-order valence-electron chi connectivity index (χ4n) is 1.92. The Bertz CT molecular complexity index is 662. The second-order valence-electron chi connectivity index (χ2n) is 4.72. The van der Waals surface area contributed by atoms with Crippen molar-refractivity contribution >= 4 is 5.97 Å². The van der Waals surface area contributed by atoms with Crippen LogP contribution in [-0.2, 0) is 0 Å². The molecular formula is C13H12FN3O2. The normalized spacial score (nSPS) is 14.6. The van der Waals surface area contributed by atoms with Gasteiger partial charge in [-0.05, 0) is 37.5 Å². The molecule has 2 aromatic rings. The number of nitrogens with zero attached hydrogens (tertiary/aromatic N) is 3. The lowest BCUT2D eigenvalue weighted by atomic mass is 10.2. The molecule has 0 bridgehead atoms. The summed E-state index contributed by atoms with van der Waals surface area (Å²) in [5.41, 5.74) is 1.04. The van der Waals surface area contributed by atoms with Gasteiger partial charge < -0.3 is 5.11 Å². The lowest BCUT2D eigenvalue weighted by Gasteiger charge is -2.06. The van der Waals surface area contributed by atoms with Crippen LogP contribution in [0.1, 0.15) is 40.8 Å². The third kappa shape index (κ3) is 2.09. The van der Waals surface area contributed by atoms with Crippen LogP contribution < -0.4 is 0 Å². The van der Waals surface area contributed by atoms with Crippen LogP contribution in [0.2, 0.25) is 0 Å². The Labute approximate surface area is 108 Å². The number of halogens is 1. The molecule has 0 saturated heterocycles. The van der Waals surface area contributed by atoms with Crippen LogP contribution in [0.15, 0.2) is 18.2 Å². The highest BCUT2D eigenvalue weighted by Crippen LogP contribution is 2.39. The Kier molecular flexibility index (Phi) is 2.58. The van der Waals surface area contributed by atoms with Crippen LogP contribution >= 0.6 is 0 Å². The number of aryl methyl sites for hydroxylation is 1. The van der Waals surface area contributed by atoms with Gasteiger partial charge in [-0.15, -0.1) is 5.10 Å². The third-order valence-electron chi connectivity index (χ3n) is 3.17. The lowest BCUT2D eigenvalue weighted by Crippen LogP contribution is -2.04. The summed E-state index contributed by atoms with van der Waals surface area (Å²) in [6.07, 6.45) is 1.93. The number of carboxylic acid groups (broad SMARTS) is 1. The van der Waals surface area contributed by atoms with E-state index < -0.39 is 5.97 Å². The lowest BCUT2D eigenvalue weighted by molar-refractivity contribution is 0.0683. The highest BCUT2D eigenvalue weighted by molar-refractivity contribution is 5.83. The molecule has 1 N–H and O–H groups in total. The van der Waals surface area contributed by atoms with Crippen LogP contribution in [0.25, 0.3) is 5.69 Å². The first-order valence-corrected chi connectivity index (χ1v) is 6.03. The molecule has 19 heavy (non-hydrogen) atoms. The molecule has 0 radical (unpaired) electrons. The number of hydrogen-bond acceptors (Lipinski definition) is 3. The molecule has 5 nitrogen and oxygen atoms in total. The summed E-state index contributed by atoms with van der Waals surface area (Å²) in [6.45, 7) is 1.67. The SMILES string of the molecule is Cc1ccc(-n2nc(C(=O)O)nc2C2CC2)cc1F. The molecule has 1 heterocycles. The van der Waals surface area contributed by atoms with Crippen LogP contribution in [0.5, 0.6) is 0 Å². The zero-order valence-corrected chi connectivity index (χ0v) is 10.3. The molecule has 0 unspecified atom stereocenters. The van der Waals surface area contributed by atoms with Gasteiger partial charge in [-0.25, -0.2) is 18.9 Å². The minimum Gasteiger partial charge on any atom is -0.475 e. The van der Waals surface area contributed by atoms with E-state index in [-0.39, 0.29) is 17.6 Å². The first kappa shape index (κ1) is 11.8. The average molecular weight is 261 g/mol. The van der Waals surface area contributed by atoms with Gasteiger partial charge >= 0.3 is 5.97 Å². The van der Waals surface area contributed by atoms with Crippen molar-refractivity contribution in [2.75, 3.05) is 0 Å². The molecular weight excluding hydrogens is 249 g/mol. The Hall–Kier alpha value is -2.24. The molecule has 1 aromatic heterocycles. The maximum atomic E-state index is 13.6. The van der Waals surface area contributed by atoms with Gasteiger partial charge in [0.2, 0.25) is 0 Å². The van der Waals surface area contributed by atoms with Gasteiger partial charge in [-0.3, -0.25) is 0 Å². The van der Waals surface area contributed by atoms with Gasteiger partial charge in [-0.2, -0.15) is 0 Å². The number of rotatable bonds is 3. The van der Waals surface area contributed by atoms with Crippen molar-refractivity contribution in [1.82, 2.24) is 14.8 Å². The molecule has 0 amide bonds. The molecule has 1 aliphatic rings. The highest BCUT2D eigenvalue weighted by atomic mass is 19.1. The first-order valence-electron chi connectivity index (χ1n) is 6.03. The summed E-state index contributed by atoms with van der Waals surface area (Å²) in [4.78, 5) is 15.0. The van der Waals surface area contributed by atoms with Gasteiger partial charge in [0.1, 0.15) is 11.6 Å². The second kappa shape index (κ2) is 4.15.